The maximum absolute atomic E-state index is 13.8. The number of methoxy groups -OCH3 is 2. The number of piperidine rings is 1. The lowest BCUT2D eigenvalue weighted by molar-refractivity contribution is 0.0602. The number of carbonyl (C=O) groups excluding carboxylic acids is 2. The number of imidazole rings is 1. The first-order valence-corrected chi connectivity index (χ1v) is 16.8. The van der Waals surface area contributed by atoms with Gasteiger partial charge in [0.25, 0.3) is 5.91 Å². The third-order valence-electron chi connectivity index (χ3n) is 11.0. The normalized spacial score (nSPS) is 20.4. The number of H-pyrrole nitrogens is 1. The van der Waals surface area contributed by atoms with Crippen LogP contribution in [0.15, 0.2) is 60.8 Å². The fourth-order valence-electron chi connectivity index (χ4n) is 8.22. The fourth-order valence-corrected chi connectivity index (χ4v) is 8.22. The number of hydrogen-bond donors (Lipinski definition) is 2. The van der Waals surface area contributed by atoms with Crippen LogP contribution in [0.25, 0.3) is 55.5 Å². The van der Waals surface area contributed by atoms with E-state index in [1.165, 1.54) is 20.0 Å². The number of fused-ring (bicyclic) bond motifs is 5. The van der Waals surface area contributed by atoms with Crippen LogP contribution >= 0.6 is 0 Å². The monoisotopic (exact) mass is 642 g/mol. The molecule has 4 heterocycles. The third-order valence-corrected chi connectivity index (χ3v) is 11.0. The van der Waals surface area contributed by atoms with Gasteiger partial charge in [0, 0.05) is 65.8 Å². The first kappa shape index (κ1) is 29.1. The SMILES string of the molecule is COC(=O)c1c[nH]c2ccc(-c3ccc4cc(-c5nc6cc(C(=O)N7CC8CCC7C8N)cc(OC)c6n5C)n(CC5CC5)c4c3)cc12. The van der Waals surface area contributed by atoms with Crippen molar-refractivity contribution >= 4 is 44.7 Å². The van der Waals surface area contributed by atoms with Crippen molar-refractivity contribution in [1.29, 1.82) is 0 Å². The molecular formula is C38H38N6O4. The van der Waals surface area contributed by atoms with Crippen LogP contribution < -0.4 is 10.5 Å². The van der Waals surface area contributed by atoms with E-state index in [2.05, 4.69) is 44.5 Å². The maximum atomic E-state index is 13.8. The van der Waals surface area contributed by atoms with Gasteiger partial charge in [-0.25, -0.2) is 9.78 Å². The Bertz CT molecular complexity index is 2290. The number of nitrogens with zero attached hydrogens (tertiary/aromatic N) is 4. The highest BCUT2D eigenvalue weighted by molar-refractivity contribution is 6.05. The number of aromatic amines is 1. The second kappa shape index (κ2) is 10.7. The van der Waals surface area contributed by atoms with Crippen LogP contribution in [0, 0.1) is 11.8 Å². The first-order chi connectivity index (χ1) is 23.3. The molecule has 2 aliphatic carbocycles. The molecule has 3 aromatic carbocycles. The Labute approximate surface area is 277 Å². The number of benzene rings is 3. The molecule has 1 aliphatic heterocycles. The van der Waals surface area contributed by atoms with Crippen LogP contribution in [0.2, 0.25) is 0 Å². The van der Waals surface area contributed by atoms with Crippen molar-refractivity contribution in [3.05, 3.63) is 71.9 Å². The Morgan fingerprint density at radius 3 is 2.54 bits per heavy atom. The summed E-state index contributed by atoms with van der Waals surface area (Å²) >= 11 is 0. The van der Waals surface area contributed by atoms with Gasteiger partial charge in [-0.2, -0.15) is 0 Å². The molecule has 3 N–H and O–H groups in total. The number of ether oxygens (including phenoxy) is 2. The minimum Gasteiger partial charge on any atom is -0.494 e. The number of amides is 1. The zero-order valence-electron chi connectivity index (χ0n) is 27.3. The molecule has 0 radical (unpaired) electrons. The van der Waals surface area contributed by atoms with Crippen molar-refractivity contribution in [2.75, 3.05) is 20.8 Å². The van der Waals surface area contributed by atoms with E-state index in [4.69, 9.17) is 20.2 Å². The van der Waals surface area contributed by atoms with Gasteiger partial charge < -0.3 is 34.2 Å². The molecule has 10 nitrogen and oxygen atoms in total. The third kappa shape index (κ3) is 4.38. The van der Waals surface area contributed by atoms with Crippen LogP contribution in [0.5, 0.6) is 5.75 Å². The van der Waals surface area contributed by atoms with Gasteiger partial charge in [0.1, 0.15) is 11.3 Å². The summed E-state index contributed by atoms with van der Waals surface area (Å²) in [5, 5.41) is 1.96. The summed E-state index contributed by atoms with van der Waals surface area (Å²) in [6.45, 7) is 1.61. The molecule has 6 aromatic rings. The molecule has 244 valence electrons. The van der Waals surface area contributed by atoms with E-state index in [9.17, 15) is 9.59 Å². The van der Waals surface area contributed by atoms with Crippen LogP contribution in [-0.4, -0.2) is 68.7 Å². The summed E-state index contributed by atoms with van der Waals surface area (Å²) in [5.74, 6) is 2.09. The number of hydrogen-bond acceptors (Lipinski definition) is 6. The molecule has 1 amide bonds. The Balaban J connectivity index is 1.14. The standard InChI is InChI=1S/C38H38N6O4/c1-42-35-29(13-25(16-33(35)47-2)37(45)44-19-24-9-11-30(44)34(24)39)41-36(42)32-15-23-7-6-22(14-31(23)43(32)18-20-4-5-20)21-8-10-28-26(12-21)27(17-40-28)38(46)48-3/h6-8,10,12-17,20,24,30,34,40H,4-5,9,11,18-19,39H2,1-3H3. The predicted octanol–water partition coefficient (Wildman–Crippen LogP) is 6.11. The van der Waals surface area contributed by atoms with E-state index >= 15 is 0 Å². The van der Waals surface area contributed by atoms with Crippen LogP contribution in [0.1, 0.15) is 46.4 Å². The number of aryl methyl sites for hydroxylation is 1. The molecule has 3 aliphatic rings. The summed E-state index contributed by atoms with van der Waals surface area (Å²) in [5.41, 5.74) is 14.3. The second-order valence-electron chi connectivity index (χ2n) is 13.8. The molecule has 1 saturated heterocycles. The molecule has 2 bridgehead atoms. The summed E-state index contributed by atoms with van der Waals surface area (Å²) in [4.78, 5) is 36.5. The number of rotatable bonds is 7. The molecule has 3 fully saturated rings. The molecule has 10 heteroatoms. The van der Waals surface area contributed by atoms with Gasteiger partial charge in [0.05, 0.1) is 31.0 Å². The van der Waals surface area contributed by atoms with Gasteiger partial charge >= 0.3 is 5.97 Å². The largest absolute Gasteiger partial charge is 0.494 e. The molecule has 3 unspecified atom stereocenters. The average Bonchev–Trinajstić information content (AvgIpc) is 3.35. The fraction of sp³-hybridized carbons (Fsp3) is 0.342. The molecular weight excluding hydrogens is 604 g/mol. The molecule has 48 heavy (non-hydrogen) atoms. The van der Waals surface area contributed by atoms with Gasteiger partial charge in [-0.15, -0.1) is 0 Å². The smallest absolute Gasteiger partial charge is 0.340 e. The first-order valence-electron chi connectivity index (χ1n) is 16.8. The number of aromatic nitrogens is 4. The number of carbonyl (C=O) groups is 2. The Kier molecular flexibility index (Phi) is 6.49. The number of likely N-dealkylation sites (tertiary alicyclic amines) is 1. The highest BCUT2D eigenvalue weighted by Gasteiger charge is 2.47. The minimum absolute atomic E-state index is 0.00281. The summed E-state index contributed by atoms with van der Waals surface area (Å²) < 4.78 is 15.4. The van der Waals surface area contributed by atoms with Crippen molar-refractivity contribution in [3.63, 3.8) is 0 Å². The zero-order valence-corrected chi connectivity index (χ0v) is 27.3. The van der Waals surface area contributed by atoms with Crippen molar-refractivity contribution in [2.24, 2.45) is 24.6 Å². The summed E-state index contributed by atoms with van der Waals surface area (Å²) in [7, 11) is 5.06. The van der Waals surface area contributed by atoms with E-state index in [1.54, 1.807) is 13.3 Å². The van der Waals surface area contributed by atoms with Gasteiger partial charge in [-0.05, 0) is 85.0 Å². The molecule has 3 atom stereocenters. The lowest BCUT2D eigenvalue weighted by Gasteiger charge is -2.27. The number of nitrogens with two attached hydrogens (primary N) is 1. The predicted molar refractivity (Wildman–Crippen MR) is 185 cm³/mol. The van der Waals surface area contributed by atoms with Crippen molar-refractivity contribution in [1.82, 2.24) is 24.0 Å². The lowest BCUT2D eigenvalue weighted by atomic mass is 10.0. The molecule has 0 spiro atoms. The van der Waals surface area contributed by atoms with Crippen molar-refractivity contribution < 1.29 is 19.1 Å². The molecule has 2 saturated carbocycles. The van der Waals surface area contributed by atoms with Crippen LogP contribution in [0.4, 0.5) is 0 Å². The Morgan fingerprint density at radius 1 is 1.00 bits per heavy atom. The highest BCUT2D eigenvalue weighted by atomic mass is 16.5. The molecule has 3 aromatic heterocycles. The van der Waals surface area contributed by atoms with Crippen LogP contribution in [0.3, 0.4) is 0 Å². The topological polar surface area (TPSA) is 120 Å². The van der Waals surface area contributed by atoms with E-state index in [0.717, 1.165) is 74.9 Å². The van der Waals surface area contributed by atoms with Gasteiger partial charge in [0.2, 0.25) is 0 Å². The quantitative estimate of drug-likeness (QED) is 0.203. The minimum atomic E-state index is -0.361. The van der Waals surface area contributed by atoms with Gasteiger partial charge in [-0.3, -0.25) is 4.79 Å². The van der Waals surface area contributed by atoms with Crippen molar-refractivity contribution in [2.45, 2.75) is 44.3 Å². The Hall–Kier alpha value is -5.09. The van der Waals surface area contributed by atoms with E-state index in [0.29, 0.717) is 35.3 Å². The average molecular weight is 643 g/mol. The lowest BCUT2D eigenvalue weighted by Crippen LogP contribution is -2.41. The van der Waals surface area contributed by atoms with Crippen LogP contribution in [-0.2, 0) is 18.3 Å². The zero-order chi connectivity index (χ0) is 32.8. The maximum Gasteiger partial charge on any atom is 0.340 e. The van der Waals surface area contributed by atoms with E-state index in [-0.39, 0.29) is 24.0 Å². The number of esters is 1. The van der Waals surface area contributed by atoms with Gasteiger partial charge in [-0.1, -0.05) is 18.2 Å². The van der Waals surface area contributed by atoms with E-state index < -0.39 is 0 Å². The number of nitrogens with one attached hydrogen (secondary N) is 1. The summed E-state index contributed by atoms with van der Waals surface area (Å²) in [6, 6.07) is 18.8. The van der Waals surface area contributed by atoms with Gasteiger partial charge in [0.15, 0.2) is 5.82 Å². The highest BCUT2D eigenvalue weighted by Crippen LogP contribution is 2.41. The second-order valence-corrected chi connectivity index (χ2v) is 13.8. The van der Waals surface area contributed by atoms with Crippen molar-refractivity contribution in [3.8, 4) is 28.4 Å². The molecule has 9 rings (SSSR count). The summed E-state index contributed by atoms with van der Waals surface area (Å²) in [6.07, 6.45) is 6.18. The van der Waals surface area contributed by atoms with E-state index in [1.807, 2.05) is 36.2 Å². The Morgan fingerprint density at radius 2 is 1.81 bits per heavy atom.